The molecule has 0 aromatic carbocycles. The molecule has 0 atom stereocenters. The normalized spacial score (nSPS) is 9.58. The van der Waals surface area contributed by atoms with E-state index in [0.717, 1.165) is 0 Å². The summed E-state index contributed by atoms with van der Waals surface area (Å²) < 4.78 is 68.4. The van der Waals surface area contributed by atoms with Crippen molar-refractivity contribution in [1.82, 2.24) is 0 Å². The van der Waals surface area contributed by atoms with E-state index < -0.39 is 23.4 Å². The van der Waals surface area contributed by atoms with Crippen molar-refractivity contribution < 1.29 is 115 Å². The molecular weight excluding hydrogens is 309 g/mol. The summed E-state index contributed by atoms with van der Waals surface area (Å²) >= 11 is -5.62. The molecule has 0 aliphatic carbocycles. The van der Waals surface area contributed by atoms with Crippen molar-refractivity contribution >= 4 is 10.4 Å². The molecule has 0 fully saturated rings. The van der Waals surface area contributed by atoms with Gasteiger partial charge in [0.2, 0.25) is 0 Å². The molecular formula is KMn2O8S. The molecule has 0 saturated carbocycles. The molecule has 0 unspecified atom stereocenters. The van der Waals surface area contributed by atoms with Gasteiger partial charge in [-0.05, 0) is 0 Å². The molecule has 0 aromatic rings. The van der Waals surface area contributed by atoms with Crippen molar-refractivity contribution in [1.29, 1.82) is 0 Å². The summed E-state index contributed by atoms with van der Waals surface area (Å²) in [6.45, 7) is 0. The van der Waals surface area contributed by atoms with Crippen LogP contribution in [0, 0.1) is 0 Å². The standard InChI is InChI=1S/K.2Mn.H2O4S.4O/c;;;1-5(2,3)4;;;;/h;;;(H2,1,2,3,4);;;;/q+1;;+2;;;;;-1/p-2. The van der Waals surface area contributed by atoms with Crippen LogP contribution in [-0.4, -0.2) is 17.5 Å². The van der Waals surface area contributed by atoms with Crippen LogP contribution in [0.2, 0.25) is 0 Å². The first-order chi connectivity index (χ1) is 4.00. The van der Waals surface area contributed by atoms with Gasteiger partial charge in [-0.2, -0.15) is 0 Å². The number of hydrogen-bond acceptors (Lipinski definition) is 8. The Morgan fingerprint density at radius 2 is 1.00 bits per heavy atom. The van der Waals surface area contributed by atoms with E-state index in [1.54, 1.807) is 0 Å². The quantitative estimate of drug-likeness (QED) is 0.243. The summed E-state index contributed by atoms with van der Waals surface area (Å²) in [6, 6.07) is 0. The van der Waals surface area contributed by atoms with E-state index in [4.69, 9.17) is 33.2 Å². The maximum atomic E-state index is 8.58. The predicted molar refractivity (Wildman–Crippen MR) is 12.5 cm³/mol. The molecule has 0 heterocycles. The Balaban J connectivity index is -0.0000000457. The van der Waals surface area contributed by atoms with Gasteiger partial charge in [-0.1, -0.05) is 0 Å². The van der Waals surface area contributed by atoms with Gasteiger partial charge < -0.3 is 9.11 Å². The third-order valence-electron chi connectivity index (χ3n) is 0. The van der Waals surface area contributed by atoms with E-state index >= 15 is 0 Å². The Kier molecular flexibility index (Phi) is 18.6. The minimum atomic E-state index is -5.62. The van der Waals surface area contributed by atoms with Crippen molar-refractivity contribution in [2.75, 3.05) is 0 Å². The van der Waals surface area contributed by atoms with Crippen LogP contribution in [0.15, 0.2) is 0 Å². The van der Waals surface area contributed by atoms with Gasteiger partial charge in [-0.15, -0.1) is 0 Å². The minimum absolute atomic E-state index is 0. The van der Waals surface area contributed by atoms with Gasteiger partial charge in [0.25, 0.3) is 0 Å². The summed E-state index contributed by atoms with van der Waals surface area (Å²) in [7, 11) is -5.17. The monoisotopic (exact) mass is 309 g/mol. The Morgan fingerprint density at radius 1 is 1.00 bits per heavy atom. The van der Waals surface area contributed by atoms with Gasteiger partial charge in [0.1, 0.15) is 0 Å². The van der Waals surface area contributed by atoms with Crippen LogP contribution in [-0.2, 0) is 51.9 Å². The van der Waals surface area contributed by atoms with Crippen molar-refractivity contribution in [2.24, 2.45) is 0 Å². The topological polar surface area (TPSA) is 155 Å². The third-order valence-corrected chi connectivity index (χ3v) is 0. The molecule has 1 radical (unpaired) electrons. The summed E-state index contributed by atoms with van der Waals surface area (Å²) in [4.78, 5) is 0. The Labute approximate surface area is 123 Å². The average Bonchev–Trinajstić information content (AvgIpc) is 1.12. The second kappa shape index (κ2) is 9.46. The zero-order chi connectivity index (χ0) is 9.00. The van der Waals surface area contributed by atoms with Crippen LogP contribution in [0.1, 0.15) is 0 Å². The van der Waals surface area contributed by atoms with Crippen LogP contribution in [0.5, 0.6) is 0 Å². The van der Waals surface area contributed by atoms with Gasteiger partial charge in [-0.3, -0.25) is 8.42 Å². The van der Waals surface area contributed by atoms with Crippen LogP contribution >= 0.6 is 0 Å². The molecule has 0 aromatic heterocycles. The molecule has 0 N–H and O–H groups in total. The van der Waals surface area contributed by atoms with E-state index in [1.807, 2.05) is 0 Å². The molecule has 0 aliphatic rings. The van der Waals surface area contributed by atoms with Crippen LogP contribution in [0.4, 0.5) is 0 Å². The van der Waals surface area contributed by atoms with E-state index in [-0.39, 0.29) is 68.5 Å². The third kappa shape index (κ3) is 390. The average molecular weight is 309 g/mol. The zero-order valence-corrected chi connectivity index (χ0v) is 11.7. The Hall–Kier alpha value is 1.91. The fourth-order valence-corrected chi connectivity index (χ4v) is 0. The van der Waals surface area contributed by atoms with E-state index in [2.05, 4.69) is 0 Å². The van der Waals surface area contributed by atoms with Gasteiger partial charge >= 0.3 is 97.1 Å². The van der Waals surface area contributed by atoms with Crippen molar-refractivity contribution in [2.45, 2.75) is 0 Å². The second-order valence-corrected chi connectivity index (χ2v) is 2.78. The Bertz CT molecular complexity index is 292. The van der Waals surface area contributed by atoms with Gasteiger partial charge in [-0.25, -0.2) is 0 Å². The molecule has 69 valence electrons. The molecule has 0 rings (SSSR count). The van der Waals surface area contributed by atoms with E-state index in [1.165, 1.54) is 0 Å². The first kappa shape index (κ1) is 23.6. The zero-order valence-electron chi connectivity index (χ0n) is 5.43. The van der Waals surface area contributed by atoms with Crippen molar-refractivity contribution in [3.05, 3.63) is 0 Å². The predicted octanol–water partition coefficient (Wildman–Crippen LogP) is -5.88. The second-order valence-electron chi connectivity index (χ2n) is 0.786. The molecule has 0 amide bonds. The van der Waals surface area contributed by atoms with E-state index in [0.29, 0.717) is 0 Å². The van der Waals surface area contributed by atoms with Crippen molar-refractivity contribution in [3.63, 3.8) is 0 Å². The first-order valence-corrected chi connectivity index (χ1v) is 4.54. The SMILES string of the molecule is O=S(=O)([O-])[O-].[K+].[Mn+2].[O]=[Mn](=[O])(=[O])[O-]. The van der Waals surface area contributed by atoms with E-state index in [9.17, 15) is 0 Å². The molecule has 8 nitrogen and oxygen atoms in total. The van der Waals surface area contributed by atoms with Crippen LogP contribution in [0.25, 0.3) is 0 Å². The molecule has 0 bridgehead atoms. The molecule has 0 aliphatic heterocycles. The van der Waals surface area contributed by atoms with Gasteiger partial charge in [0.15, 0.2) is 0 Å². The van der Waals surface area contributed by atoms with Gasteiger partial charge in [0.05, 0.1) is 0 Å². The summed E-state index contributed by atoms with van der Waals surface area (Å²) in [6.07, 6.45) is 0. The molecule has 0 saturated heterocycles. The van der Waals surface area contributed by atoms with Crippen molar-refractivity contribution in [3.8, 4) is 0 Å². The molecule has 0 spiro atoms. The molecule has 12 heteroatoms. The van der Waals surface area contributed by atoms with Crippen LogP contribution < -0.4 is 55.6 Å². The molecule has 12 heavy (non-hydrogen) atoms. The number of rotatable bonds is 0. The van der Waals surface area contributed by atoms with Crippen LogP contribution in [0.3, 0.4) is 0 Å². The maximum absolute atomic E-state index is 8.58. The summed E-state index contributed by atoms with van der Waals surface area (Å²) in [5.74, 6) is 0. The fraction of sp³-hybridized carbons (Fsp3) is 0. The summed E-state index contributed by atoms with van der Waals surface area (Å²) in [5.41, 5.74) is 0. The summed E-state index contributed by atoms with van der Waals surface area (Å²) in [5, 5.41) is 0. The Morgan fingerprint density at radius 3 is 1.00 bits per heavy atom. The fourth-order valence-electron chi connectivity index (χ4n) is 0. The first-order valence-electron chi connectivity index (χ1n) is 1.28. The number of hydrogen-bond donors (Lipinski definition) is 0. The van der Waals surface area contributed by atoms with Gasteiger partial charge in [0, 0.05) is 10.4 Å².